The molecule has 2 nitrogen and oxygen atoms in total. The van der Waals surface area contributed by atoms with Gasteiger partial charge in [-0.2, -0.15) is 0 Å². The molecule has 1 saturated heterocycles. The van der Waals surface area contributed by atoms with Crippen molar-refractivity contribution in [3.63, 3.8) is 0 Å². The first-order valence-electron chi connectivity index (χ1n) is 3.20. The number of aliphatic hydroxyl groups is 1. The van der Waals surface area contributed by atoms with Crippen LogP contribution in [0.15, 0.2) is 0 Å². The summed E-state index contributed by atoms with van der Waals surface area (Å²) in [4.78, 5) is 0. The fraction of sp³-hybridized carbons (Fsp3) is 1.00. The highest BCUT2D eigenvalue weighted by molar-refractivity contribution is 4.86. The molecule has 1 unspecified atom stereocenters. The van der Waals surface area contributed by atoms with Crippen molar-refractivity contribution in [2.75, 3.05) is 6.61 Å². The molecule has 0 aromatic heterocycles. The van der Waals surface area contributed by atoms with E-state index < -0.39 is 24.7 Å². The third-order valence-corrected chi connectivity index (χ3v) is 1.59. The van der Waals surface area contributed by atoms with Crippen LogP contribution in [0, 0.1) is 0 Å². The molecule has 10 heavy (non-hydrogen) atoms. The van der Waals surface area contributed by atoms with Gasteiger partial charge in [-0.3, -0.25) is 0 Å². The van der Waals surface area contributed by atoms with E-state index in [4.69, 9.17) is 9.84 Å². The molecule has 0 aromatic rings. The van der Waals surface area contributed by atoms with E-state index >= 15 is 0 Å². The average molecular weight is 152 g/mol. The summed E-state index contributed by atoms with van der Waals surface area (Å²) in [6.07, 6.45) is -2.01. The molecule has 1 N–H and O–H groups in total. The molecular weight excluding hydrogens is 142 g/mol. The van der Waals surface area contributed by atoms with Gasteiger partial charge in [-0.05, 0) is 6.92 Å². The van der Waals surface area contributed by atoms with Crippen LogP contribution in [0.5, 0.6) is 0 Å². The van der Waals surface area contributed by atoms with Gasteiger partial charge >= 0.3 is 0 Å². The van der Waals surface area contributed by atoms with Crippen molar-refractivity contribution >= 4 is 0 Å². The highest BCUT2D eigenvalue weighted by atomic mass is 19.3. The third kappa shape index (κ3) is 1.27. The number of halogens is 2. The third-order valence-electron chi connectivity index (χ3n) is 1.59. The van der Waals surface area contributed by atoms with Crippen LogP contribution in [0.25, 0.3) is 0 Å². The van der Waals surface area contributed by atoms with Crippen LogP contribution in [-0.4, -0.2) is 29.8 Å². The first kappa shape index (κ1) is 7.88. The Labute approximate surface area is 57.8 Å². The van der Waals surface area contributed by atoms with Gasteiger partial charge in [0.15, 0.2) is 0 Å². The van der Waals surface area contributed by atoms with Gasteiger partial charge in [-0.15, -0.1) is 0 Å². The lowest BCUT2D eigenvalue weighted by molar-refractivity contribution is -0.0933. The van der Waals surface area contributed by atoms with E-state index in [0.717, 1.165) is 0 Å². The molecule has 1 heterocycles. The number of aliphatic hydroxyl groups excluding tert-OH is 1. The van der Waals surface area contributed by atoms with Crippen LogP contribution in [0.4, 0.5) is 8.78 Å². The minimum atomic E-state index is -2.84. The lowest BCUT2D eigenvalue weighted by Crippen LogP contribution is -2.31. The van der Waals surface area contributed by atoms with Gasteiger partial charge in [0.2, 0.25) is 0 Å². The summed E-state index contributed by atoms with van der Waals surface area (Å²) in [6, 6.07) is 0. The van der Waals surface area contributed by atoms with Crippen LogP contribution in [0.2, 0.25) is 0 Å². The molecule has 1 rings (SSSR count). The van der Waals surface area contributed by atoms with Gasteiger partial charge in [0, 0.05) is 6.42 Å². The molecule has 0 aromatic carbocycles. The Bertz CT molecular complexity index is 127. The number of hydrogen-bond donors (Lipinski definition) is 1. The molecule has 0 bridgehead atoms. The highest BCUT2D eigenvalue weighted by Crippen LogP contribution is 2.34. The summed E-state index contributed by atoms with van der Waals surface area (Å²) in [5.41, 5.74) is 0. The number of ether oxygens (including phenoxy) is 1. The van der Waals surface area contributed by atoms with E-state index in [-0.39, 0.29) is 6.42 Å². The van der Waals surface area contributed by atoms with Crippen LogP contribution >= 0.6 is 0 Å². The Morgan fingerprint density at radius 3 is 2.50 bits per heavy atom. The van der Waals surface area contributed by atoms with Gasteiger partial charge in [0.05, 0.1) is 12.7 Å². The number of rotatable bonds is 1. The maximum absolute atomic E-state index is 12.6. The minimum Gasteiger partial charge on any atom is -0.393 e. The van der Waals surface area contributed by atoms with E-state index in [1.807, 2.05) is 0 Å². The Morgan fingerprint density at radius 1 is 1.70 bits per heavy atom. The van der Waals surface area contributed by atoms with Gasteiger partial charge in [0.1, 0.15) is 6.10 Å². The monoisotopic (exact) mass is 152 g/mol. The minimum absolute atomic E-state index is 0.280. The van der Waals surface area contributed by atoms with E-state index in [2.05, 4.69) is 0 Å². The predicted octanol–water partition coefficient (Wildman–Crippen LogP) is 0.791. The zero-order valence-corrected chi connectivity index (χ0v) is 5.68. The Hall–Kier alpha value is -0.220. The highest BCUT2D eigenvalue weighted by Gasteiger charge is 2.48. The number of hydrogen-bond acceptors (Lipinski definition) is 2. The standard InChI is InChI=1S/C6H10F2O2/c1-4-2-6(7,8)5(3-9)10-4/h4-5,9H,2-3H2,1H3/t4?,5-/m1/s1. The molecule has 0 saturated carbocycles. The summed E-state index contributed by atoms with van der Waals surface area (Å²) in [5.74, 6) is -2.84. The van der Waals surface area contributed by atoms with Crippen LogP contribution in [0.3, 0.4) is 0 Å². The summed E-state index contributed by atoms with van der Waals surface area (Å²) in [5, 5.41) is 8.41. The number of alkyl halides is 2. The molecule has 60 valence electrons. The molecule has 1 fully saturated rings. The second-order valence-corrected chi connectivity index (χ2v) is 2.58. The van der Waals surface area contributed by atoms with E-state index in [1.54, 1.807) is 6.92 Å². The maximum atomic E-state index is 12.6. The normalized spacial score (nSPS) is 38.4. The van der Waals surface area contributed by atoms with Gasteiger partial charge in [-0.1, -0.05) is 0 Å². The van der Waals surface area contributed by atoms with Crippen molar-refractivity contribution in [3.8, 4) is 0 Å². The molecule has 0 aliphatic carbocycles. The predicted molar refractivity (Wildman–Crippen MR) is 31.0 cm³/mol. The second-order valence-electron chi connectivity index (χ2n) is 2.58. The van der Waals surface area contributed by atoms with Gasteiger partial charge < -0.3 is 9.84 Å². The first-order chi connectivity index (χ1) is 4.56. The quantitative estimate of drug-likeness (QED) is 0.602. The van der Waals surface area contributed by atoms with Crippen molar-refractivity contribution in [1.29, 1.82) is 0 Å². The molecule has 1 aliphatic rings. The SMILES string of the molecule is CC1CC(F)(F)[C@@H](CO)O1. The Morgan fingerprint density at radius 2 is 2.30 bits per heavy atom. The summed E-state index contributed by atoms with van der Waals surface area (Å²) in [7, 11) is 0. The second kappa shape index (κ2) is 2.43. The Kier molecular flexibility index (Phi) is 1.92. The molecule has 2 atom stereocenters. The molecule has 4 heteroatoms. The smallest absolute Gasteiger partial charge is 0.278 e. The lowest BCUT2D eigenvalue weighted by atomic mass is 10.1. The molecule has 1 aliphatic heterocycles. The van der Waals surface area contributed by atoms with Crippen LogP contribution < -0.4 is 0 Å². The van der Waals surface area contributed by atoms with Gasteiger partial charge in [-0.25, -0.2) is 8.78 Å². The van der Waals surface area contributed by atoms with Gasteiger partial charge in [0.25, 0.3) is 5.92 Å². The topological polar surface area (TPSA) is 29.5 Å². The van der Waals surface area contributed by atoms with E-state index in [1.165, 1.54) is 0 Å². The maximum Gasteiger partial charge on any atom is 0.278 e. The fourth-order valence-electron chi connectivity index (χ4n) is 1.12. The van der Waals surface area contributed by atoms with Crippen molar-refractivity contribution in [1.82, 2.24) is 0 Å². The zero-order valence-electron chi connectivity index (χ0n) is 5.68. The lowest BCUT2D eigenvalue weighted by Gasteiger charge is -2.13. The molecule has 0 spiro atoms. The molecule has 0 amide bonds. The molecular formula is C6H10F2O2. The van der Waals surface area contributed by atoms with Crippen LogP contribution in [-0.2, 0) is 4.74 Å². The Balaban J connectivity index is 2.58. The van der Waals surface area contributed by atoms with Crippen molar-refractivity contribution < 1.29 is 18.6 Å². The van der Waals surface area contributed by atoms with E-state index in [9.17, 15) is 8.78 Å². The largest absolute Gasteiger partial charge is 0.393 e. The summed E-state index contributed by atoms with van der Waals surface area (Å²) in [6.45, 7) is 0.973. The van der Waals surface area contributed by atoms with Crippen molar-refractivity contribution in [2.24, 2.45) is 0 Å². The van der Waals surface area contributed by atoms with Crippen molar-refractivity contribution in [3.05, 3.63) is 0 Å². The molecule has 0 radical (unpaired) electrons. The summed E-state index contributed by atoms with van der Waals surface area (Å²) >= 11 is 0. The summed E-state index contributed by atoms with van der Waals surface area (Å²) < 4.78 is 29.9. The first-order valence-corrected chi connectivity index (χ1v) is 3.20. The van der Waals surface area contributed by atoms with Crippen molar-refractivity contribution in [2.45, 2.75) is 31.5 Å². The van der Waals surface area contributed by atoms with E-state index in [0.29, 0.717) is 0 Å². The average Bonchev–Trinajstić information content (AvgIpc) is 2.04. The zero-order chi connectivity index (χ0) is 7.78. The fourth-order valence-corrected chi connectivity index (χ4v) is 1.12. The van der Waals surface area contributed by atoms with Crippen LogP contribution in [0.1, 0.15) is 13.3 Å².